The predicted molar refractivity (Wildman–Crippen MR) is 133 cm³/mol. The minimum absolute atomic E-state index is 0.0607. The number of hydrogen-bond acceptors (Lipinski definition) is 6. The van der Waals surface area contributed by atoms with E-state index in [1.807, 2.05) is 54.6 Å². The van der Waals surface area contributed by atoms with E-state index in [0.717, 1.165) is 33.1 Å². The van der Waals surface area contributed by atoms with Crippen LogP contribution in [0.5, 0.6) is 17.2 Å². The summed E-state index contributed by atoms with van der Waals surface area (Å²) in [5.74, 6) is 1.71. The molecule has 3 aromatic carbocycles. The van der Waals surface area contributed by atoms with Crippen LogP contribution >= 0.6 is 11.8 Å². The normalized spacial score (nSPS) is 15.0. The Morgan fingerprint density at radius 1 is 0.970 bits per heavy atom. The van der Waals surface area contributed by atoms with Crippen molar-refractivity contribution in [3.63, 3.8) is 0 Å². The van der Waals surface area contributed by atoms with Gasteiger partial charge in [-0.1, -0.05) is 24.3 Å². The lowest BCUT2D eigenvalue weighted by atomic mass is 10.00. The number of anilines is 1. The summed E-state index contributed by atoms with van der Waals surface area (Å²) in [6.45, 7) is 1.50. The van der Waals surface area contributed by atoms with Crippen LogP contribution in [0.1, 0.15) is 29.7 Å². The Morgan fingerprint density at radius 2 is 1.70 bits per heavy atom. The van der Waals surface area contributed by atoms with Gasteiger partial charge in [-0.25, -0.2) is 0 Å². The largest absolute Gasteiger partial charge is 0.493 e. The number of amides is 1. The molecule has 1 atom stereocenters. The maximum absolute atomic E-state index is 11.6. The first kappa shape index (κ1) is 22.7. The third kappa shape index (κ3) is 4.98. The number of aliphatic imine (C=N–C) groups is 1. The minimum atomic E-state index is -0.105. The molecule has 0 spiro atoms. The standard InChI is InChI=1S/C26H26N2O4S/c1-16(29)27-19-9-7-8-17(12-19)21-15-25(33-24-11-6-5-10-20(24)28-21)18-13-22(30-2)26(32-4)23(14-18)31-3/h5-14,25H,15H2,1-4H3,(H,27,29). The van der Waals surface area contributed by atoms with Gasteiger partial charge in [0.15, 0.2) is 11.5 Å². The van der Waals surface area contributed by atoms with Crippen LogP contribution in [0.3, 0.4) is 0 Å². The molecule has 4 rings (SSSR count). The molecule has 33 heavy (non-hydrogen) atoms. The Kier molecular flexibility index (Phi) is 6.89. The maximum atomic E-state index is 11.6. The fourth-order valence-electron chi connectivity index (χ4n) is 3.85. The summed E-state index contributed by atoms with van der Waals surface area (Å²) < 4.78 is 16.7. The van der Waals surface area contributed by atoms with Crippen molar-refractivity contribution in [3.8, 4) is 17.2 Å². The average Bonchev–Trinajstić information content (AvgIpc) is 3.02. The smallest absolute Gasteiger partial charge is 0.221 e. The Hall–Kier alpha value is -3.45. The highest BCUT2D eigenvalue weighted by Gasteiger charge is 2.25. The summed E-state index contributed by atoms with van der Waals surface area (Å²) in [6.07, 6.45) is 0.682. The minimum Gasteiger partial charge on any atom is -0.493 e. The van der Waals surface area contributed by atoms with Gasteiger partial charge in [-0.15, -0.1) is 11.8 Å². The molecule has 1 heterocycles. The molecule has 0 fully saturated rings. The summed E-state index contributed by atoms with van der Waals surface area (Å²) in [4.78, 5) is 17.7. The van der Waals surface area contributed by atoms with E-state index in [1.165, 1.54) is 6.92 Å². The van der Waals surface area contributed by atoms with Gasteiger partial charge in [-0.05, 0) is 47.5 Å². The van der Waals surface area contributed by atoms with Crippen LogP contribution in [0.4, 0.5) is 11.4 Å². The number of ether oxygens (including phenoxy) is 3. The molecule has 1 aliphatic rings. The lowest BCUT2D eigenvalue weighted by molar-refractivity contribution is -0.114. The maximum Gasteiger partial charge on any atom is 0.221 e. The second-order valence-electron chi connectivity index (χ2n) is 7.56. The van der Waals surface area contributed by atoms with Crippen LogP contribution in [0, 0.1) is 0 Å². The molecular weight excluding hydrogens is 436 g/mol. The molecule has 0 bridgehead atoms. The van der Waals surface area contributed by atoms with Crippen LogP contribution < -0.4 is 19.5 Å². The second-order valence-corrected chi connectivity index (χ2v) is 8.80. The van der Waals surface area contributed by atoms with E-state index in [-0.39, 0.29) is 11.2 Å². The average molecular weight is 463 g/mol. The summed E-state index contributed by atoms with van der Waals surface area (Å²) >= 11 is 1.76. The van der Waals surface area contributed by atoms with Gasteiger partial charge in [0.05, 0.1) is 27.0 Å². The zero-order valence-corrected chi connectivity index (χ0v) is 19.9. The number of fused-ring (bicyclic) bond motifs is 1. The van der Waals surface area contributed by atoms with Crippen molar-refractivity contribution in [2.45, 2.75) is 23.5 Å². The van der Waals surface area contributed by atoms with Crippen LogP contribution in [0.15, 0.2) is 70.6 Å². The van der Waals surface area contributed by atoms with Crippen molar-refractivity contribution >= 4 is 34.8 Å². The number of carbonyl (C=O) groups is 1. The molecule has 3 aromatic rings. The first-order chi connectivity index (χ1) is 16.0. The first-order valence-corrected chi connectivity index (χ1v) is 11.4. The van der Waals surface area contributed by atoms with Crippen LogP contribution in [-0.4, -0.2) is 32.9 Å². The fraction of sp³-hybridized carbons (Fsp3) is 0.231. The van der Waals surface area contributed by atoms with Crippen LogP contribution in [0.2, 0.25) is 0 Å². The highest BCUT2D eigenvalue weighted by atomic mass is 32.2. The molecule has 0 radical (unpaired) electrons. The topological polar surface area (TPSA) is 69.2 Å². The lowest BCUT2D eigenvalue weighted by Gasteiger charge is -2.20. The molecule has 6 nitrogen and oxygen atoms in total. The summed E-state index contributed by atoms with van der Waals surface area (Å²) in [7, 11) is 4.84. The molecule has 1 unspecified atom stereocenters. The molecule has 1 aliphatic heterocycles. The van der Waals surface area contributed by atoms with E-state index in [1.54, 1.807) is 33.1 Å². The Labute approximate surface area is 198 Å². The number of hydrogen-bond donors (Lipinski definition) is 1. The van der Waals surface area contributed by atoms with Gasteiger partial charge in [0, 0.05) is 34.9 Å². The third-order valence-corrected chi connectivity index (χ3v) is 6.67. The number of nitrogens with zero attached hydrogens (tertiary/aromatic N) is 1. The molecule has 0 saturated carbocycles. The van der Waals surface area contributed by atoms with E-state index in [2.05, 4.69) is 11.4 Å². The van der Waals surface area contributed by atoms with E-state index < -0.39 is 0 Å². The molecule has 0 aromatic heterocycles. The first-order valence-electron chi connectivity index (χ1n) is 10.5. The zero-order valence-electron chi connectivity index (χ0n) is 19.0. The van der Waals surface area contributed by atoms with Crippen molar-refractivity contribution < 1.29 is 19.0 Å². The Morgan fingerprint density at radius 3 is 2.36 bits per heavy atom. The van der Waals surface area contributed by atoms with Crippen molar-refractivity contribution in [3.05, 3.63) is 71.8 Å². The quantitative estimate of drug-likeness (QED) is 0.484. The van der Waals surface area contributed by atoms with E-state index in [9.17, 15) is 4.79 Å². The SMILES string of the molecule is COc1cc(C2CC(c3cccc(NC(C)=O)c3)=Nc3ccccc3S2)cc(OC)c1OC. The van der Waals surface area contributed by atoms with Gasteiger partial charge in [0.1, 0.15) is 0 Å². The number of benzene rings is 3. The molecule has 1 amide bonds. The number of para-hydroxylation sites is 1. The molecule has 7 heteroatoms. The molecule has 1 N–H and O–H groups in total. The fourth-order valence-corrected chi connectivity index (χ4v) is 5.06. The van der Waals surface area contributed by atoms with Gasteiger partial charge >= 0.3 is 0 Å². The van der Waals surface area contributed by atoms with Gasteiger partial charge in [0.25, 0.3) is 0 Å². The lowest BCUT2D eigenvalue weighted by Crippen LogP contribution is -2.09. The summed E-state index contributed by atoms with van der Waals surface area (Å²) in [6, 6.07) is 19.9. The molecular formula is C26H26N2O4S. The van der Waals surface area contributed by atoms with Gasteiger partial charge < -0.3 is 19.5 Å². The monoisotopic (exact) mass is 462 g/mol. The highest BCUT2D eigenvalue weighted by molar-refractivity contribution is 7.99. The second kappa shape index (κ2) is 10.0. The van der Waals surface area contributed by atoms with Crippen LogP contribution in [0.25, 0.3) is 0 Å². The number of rotatable bonds is 6. The van der Waals surface area contributed by atoms with E-state index in [4.69, 9.17) is 19.2 Å². The predicted octanol–water partition coefficient (Wildman–Crippen LogP) is 6.03. The van der Waals surface area contributed by atoms with Crippen molar-refractivity contribution in [2.24, 2.45) is 4.99 Å². The number of thioether (sulfide) groups is 1. The third-order valence-electron chi connectivity index (χ3n) is 5.34. The van der Waals surface area contributed by atoms with Gasteiger partial charge in [-0.2, -0.15) is 0 Å². The molecule has 0 aliphatic carbocycles. The van der Waals surface area contributed by atoms with Gasteiger partial charge in [0.2, 0.25) is 11.7 Å². The van der Waals surface area contributed by atoms with E-state index in [0.29, 0.717) is 23.7 Å². The number of nitrogens with one attached hydrogen (secondary N) is 1. The molecule has 170 valence electrons. The van der Waals surface area contributed by atoms with Crippen molar-refractivity contribution in [2.75, 3.05) is 26.6 Å². The molecule has 0 saturated heterocycles. The van der Waals surface area contributed by atoms with Crippen LogP contribution in [-0.2, 0) is 4.79 Å². The Bertz CT molecular complexity index is 1180. The summed E-state index contributed by atoms with van der Waals surface area (Å²) in [5.41, 5.74) is 4.64. The summed E-state index contributed by atoms with van der Waals surface area (Å²) in [5, 5.41) is 2.92. The van der Waals surface area contributed by atoms with E-state index >= 15 is 0 Å². The highest BCUT2D eigenvalue weighted by Crippen LogP contribution is 2.49. The van der Waals surface area contributed by atoms with Crippen molar-refractivity contribution in [1.82, 2.24) is 0 Å². The van der Waals surface area contributed by atoms with Crippen molar-refractivity contribution in [1.29, 1.82) is 0 Å². The Balaban J connectivity index is 1.80. The number of methoxy groups -OCH3 is 3. The van der Waals surface area contributed by atoms with Gasteiger partial charge in [-0.3, -0.25) is 9.79 Å². The zero-order chi connectivity index (χ0) is 23.4. The number of carbonyl (C=O) groups excluding carboxylic acids is 1.